The number of phenols is 1. The van der Waals surface area contributed by atoms with Gasteiger partial charge >= 0.3 is 7.12 Å². The Labute approximate surface area is 163 Å². The molecule has 2 N–H and O–H groups in total. The number of hydrogen-bond acceptors (Lipinski definition) is 5. The monoisotopic (exact) mass is 440 g/mol. The van der Waals surface area contributed by atoms with Gasteiger partial charge < -0.3 is 14.8 Å². The number of hydrogen-bond donors (Lipinski definition) is 2. The van der Waals surface area contributed by atoms with Crippen LogP contribution in [0, 0.1) is 0 Å². The summed E-state index contributed by atoms with van der Waals surface area (Å²) in [5.41, 5.74) is 3.43. The molecule has 2 aliphatic rings. The van der Waals surface area contributed by atoms with Gasteiger partial charge in [-0.05, 0) is 50.5 Å². The Morgan fingerprint density at radius 3 is 2.92 bits per heavy atom. The van der Waals surface area contributed by atoms with E-state index in [1.165, 1.54) is 0 Å². The normalized spacial score (nSPS) is 25.5. The van der Waals surface area contributed by atoms with E-state index in [0.717, 1.165) is 26.8 Å². The van der Waals surface area contributed by atoms with E-state index < -0.39 is 22.2 Å². The maximum atomic E-state index is 12.3. The second-order valence-corrected chi connectivity index (χ2v) is 10.2. The van der Waals surface area contributed by atoms with Crippen LogP contribution >= 0.6 is 15.9 Å². The molecule has 1 saturated heterocycles. The van der Waals surface area contributed by atoms with Crippen molar-refractivity contribution in [2.45, 2.75) is 44.4 Å². The summed E-state index contributed by atoms with van der Waals surface area (Å²) >= 11 is 3.39. The second-order valence-electron chi connectivity index (χ2n) is 7.08. The van der Waals surface area contributed by atoms with Gasteiger partial charge in [0.1, 0.15) is 5.75 Å². The fourth-order valence-corrected chi connectivity index (χ4v) is 6.32. The van der Waals surface area contributed by atoms with Crippen LogP contribution in [-0.4, -0.2) is 42.8 Å². The summed E-state index contributed by atoms with van der Waals surface area (Å²) in [6.07, 6.45) is 2.90. The van der Waals surface area contributed by atoms with E-state index in [9.17, 15) is 18.5 Å². The fourth-order valence-electron chi connectivity index (χ4n) is 3.77. The molecular formula is C18H22BBrO5S. The predicted molar refractivity (Wildman–Crippen MR) is 107 cm³/mol. The van der Waals surface area contributed by atoms with Crippen LogP contribution in [0.5, 0.6) is 5.75 Å². The van der Waals surface area contributed by atoms with Gasteiger partial charge in [0, 0.05) is 16.4 Å². The minimum Gasteiger partial charge on any atom is -0.507 e. The van der Waals surface area contributed by atoms with Gasteiger partial charge in [0.25, 0.3) is 0 Å². The van der Waals surface area contributed by atoms with Crippen molar-refractivity contribution in [3.8, 4) is 5.75 Å². The lowest BCUT2D eigenvalue weighted by molar-refractivity contribution is 0.170. The van der Waals surface area contributed by atoms with Crippen molar-refractivity contribution in [3.63, 3.8) is 0 Å². The molecule has 0 radical (unpaired) electrons. The van der Waals surface area contributed by atoms with Gasteiger partial charge in [-0.3, -0.25) is 0 Å². The van der Waals surface area contributed by atoms with Gasteiger partial charge in [-0.25, -0.2) is 8.42 Å². The van der Waals surface area contributed by atoms with Gasteiger partial charge in [0.15, 0.2) is 9.84 Å². The molecule has 0 saturated carbocycles. The van der Waals surface area contributed by atoms with Gasteiger partial charge in [-0.15, -0.1) is 0 Å². The first kappa shape index (κ1) is 19.7. The molecule has 140 valence electrons. The molecule has 1 aromatic rings. The van der Waals surface area contributed by atoms with Crippen molar-refractivity contribution in [1.82, 2.24) is 0 Å². The number of rotatable bonds is 4. The molecule has 0 spiro atoms. The lowest BCUT2D eigenvalue weighted by Crippen LogP contribution is -2.41. The molecule has 0 aromatic heterocycles. The third-order valence-electron chi connectivity index (χ3n) is 4.97. The van der Waals surface area contributed by atoms with E-state index in [2.05, 4.69) is 15.9 Å². The van der Waals surface area contributed by atoms with Crippen LogP contribution in [0.15, 0.2) is 39.4 Å². The fraction of sp³-hybridized carbons (Fsp3) is 0.444. The van der Waals surface area contributed by atoms with Crippen LogP contribution in [-0.2, 0) is 14.5 Å². The molecule has 1 aromatic carbocycles. The number of sulfone groups is 1. The summed E-state index contributed by atoms with van der Waals surface area (Å²) < 4.78 is 31.1. The van der Waals surface area contributed by atoms with Crippen molar-refractivity contribution >= 4 is 39.0 Å². The molecule has 1 fully saturated rings. The maximum absolute atomic E-state index is 12.3. The Bertz CT molecular complexity index is 878. The van der Waals surface area contributed by atoms with Crippen molar-refractivity contribution < 1.29 is 23.2 Å². The zero-order valence-electron chi connectivity index (χ0n) is 14.8. The molecule has 26 heavy (non-hydrogen) atoms. The van der Waals surface area contributed by atoms with E-state index >= 15 is 0 Å². The number of halogens is 1. The molecule has 5 nitrogen and oxygen atoms in total. The Kier molecular flexibility index (Phi) is 5.68. The van der Waals surface area contributed by atoms with Crippen LogP contribution in [0.4, 0.5) is 0 Å². The van der Waals surface area contributed by atoms with Gasteiger partial charge in [-0.2, -0.15) is 0 Å². The molecule has 2 aliphatic heterocycles. The maximum Gasteiger partial charge on any atom is 0.456 e. The summed E-state index contributed by atoms with van der Waals surface area (Å²) in [5, 5.41) is 19.3. The summed E-state index contributed by atoms with van der Waals surface area (Å²) in [6, 6.07) is 5.24. The van der Waals surface area contributed by atoms with E-state index in [1.807, 2.05) is 26.0 Å². The third-order valence-corrected chi connectivity index (χ3v) is 7.61. The lowest BCUT2D eigenvalue weighted by Gasteiger charge is -2.31. The van der Waals surface area contributed by atoms with Crippen LogP contribution in [0.25, 0.3) is 6.08 Å². The van der Waals surface area contributed by atoms with Crippen molar-refractivity contribution in [2.75, 3.05) is 5.75 Å². The molecule has 8 heteroatoms. The van der Waals surface area contributed by atoms with Crippen molar-refractivity contribution in [3.05, 3.63) is 45.0 Å². The first-order valence-corrected chi connectivity index (χ1v) is 11.1. The molecule has 0 unspecified atom stereocenters. The van der Waals surface area contributed by atoms with Crippen LogP contribution in [0.3, 0.4) is 0 Å². The first-order valence-electron chi connectivity index (χ1n) is 8.57. The summed E-state index contributed by atoms with van der Waals surface area (Å²) in [6.45, 7) is 3.80. The number of allylic oxidation sites excluding steroid dienone is 1. The van der Waals surface area contributed by atoms with Crippen LogP contribution in [0.2, 0.25) is 6.32 Å². The van der Waals surface area contributed by atoms with Crippen molar-refractivity contribution in [2.24, 2.45) is 0 Å². The summed E-state index contributed by atoms with van der Waals surface area (Å²) in [5.74, 6) is 0.262. The van der Waals surface area contributed by atoms with E-state index in [0.29, 0.717) is 12.8 Å². The lowest BCUT2D eigenvalue weighted by atomic mass is 9.75. The van der Waals surface area contributed by atoms with E-state index in [4.69, 9.17) is 4.65 Å². The number of aromatic hydroxyl groups is 1. The van der Waals surface area contributed by atoms with Gasteiger partial charge in [0.2, 0.25) is 0 Å². The molecule has 0 amide bonds. The summed E-state index contributed by atoms with van der Waals surface area (Å²) in [7, 11) is -4.27. The second kappa shape index (κ2) is 7.50. The molecule has 2 atom stereocenters. The molecule has 0 bridgehead atoms. The Hall–Kier alpha value is -1.09. The largest absolute Gasteiger partial charge is 0.507 e. The first-order chi connectivity index (χ1) is 12.2. The highest BCUT2D eigenvalue weighted by Gasteiger charge is 2.47. The highest BCUT2D eigenvalue weighted by atomic mass is 79.9. The van der Waals surface area contributed by atoms with E-state index in [1.54, 1.807) is 12.1 Å². The van der Waals surface area contributed by atoms with Crippen LogP contribution in [0.1, 0.15) is 32.3 Å². The zero-order chi connectivity index (χ0) is 19.1. The SMILES string of the molecule is CC1=C2[C@@H](CC/C(C)=C/c3cc(Br)ccc3O)OB(O)C[C@@H]2S(=O)(=O)C1. The standard InChI is InChI=1S/C18H22BBrO5S/c1-11(7-13-8-14(20)4-5-15(13)21)3-6-16-18-12(2)10-26(23,24)17(18)9-19(22)25-16/h4-5,7-8,16-17,21-22H,3,6,9-10H2,1-2H3/b11-7+/t16-,17+/m1/s1. The van der Waals surface area contributed by atoms with Crippen LogP contribution < -0.4 is 0 Å². The molecule has 3 rings (SSSR count). The smallest absolute Gasteiger partial charge is 0.456 e. The van der Waals surface area contributed by atoms with E-state index in [-0.39, 0.29) is 23.9 Å². The highest BCUT2D eigenvalue weighted by Crippen LogP contribution is 2.39. The Morgan fingerprint density at radius 1 is 1.46 bits per heavy atom. The average Bonchev–Trinajstić information content (AvgIpc) is 2.78. The molecule has 0 aliphatic carbocycles. The number of benzene rings is 1. The minimum atomic E-state index is -3.23. The minimum absolute atomic E-state index is 0.0559. The Balaban J connectivity index is 1.75. The third kappa shape index (κ3) is 4.08. The van der Waals surface area contributed by atoms with Gasteiger partial charge in [0.05, 0.1) is 17.1 Å². The highest BCUT2D eigenvalue weighted by molar-refractivity contribution is 9.10. The zero-order valence-corrected chi connectivity index (χ0v) is 17.2. The average molecular weight is 441 g/mol. The topological polar surface area (TPSA) is 83.8 Å². The quantitative estimate of drug-likeness (QED) is 0.554. The Morgan fingerprint density at radius 2 is 2.19 bits per heavy atom. The summed E-state index contributed by atoms with van der Waals surface area (Å²) in [4.78, 5) is 0. The number of fused-ring (bicyclic) bond motifs is 1. The molecular weight excluding hydrogens is 419 g/mol. The number of phenolic OH excluding ortho intramolecular Hbond substituents is 1. The van der Waals surface area contributed by atoms with Gasteiger partial charge in [-0.1, -0.05) is 33.2 Å². The van der Waals surface area contributed by atoms with Crippen molar-refractivity contribution in [1.29, 1.82) is 0 Å². The predicted octanol–water partition coefficient (Wildman–Crippen LogP) is 3.33. The molecule has 2 heterocycles.